The lowest BCUT2D eigenvalue weighted by atomic mass is 9.95. The minimum absolute atomic E-state index is 0.156. The first-order valence-corrected chi connectivity index (χ1v) is 6.77. The molecule has 1 aliphatic rings. The molecule has 1 aromatic carbocycles. The van der Waals surface area contributed by atoms with Crippen LogP contribution >= 0.6 is 0 Å². The summed E-state index contributed by atoms with van der Waals surface area (Å²) in [6.07, 6.45) is 2.75. The van der Waals surface area contributed by atoms with Gasteiger partial charge in [-0.2, -0.15) is 0 Å². The molecule has 1 aliphatic carbocycles. The molecule has 1 aromatic rings. The van der Waals surface area contributed by atoms with Crippen LogP contribution in [0.5, 0.6) is 0 Å². The van der Waals surface area contributed by atoms with E-state index in [1.807, 2.05) is 6.07 Å². The quantitative estimate of drug-likeness (QED) is 0.817. The normalized spacial score (nSPS) is 19.3. The number of hydrogen-bond donors (Lipinski definition) is 1. The molecule has 2 heteroatoms. The Morgan fingerprint density at radius 1 is 1.29 bits per heavy atom. The summed E-state index contributed by atoms with van der Waals surface area (Å²) in [5.74, 6) is 0.512. The van der Waals surface area contributed by atoms with E-state index in [1.165, 1.54) is 18.4 Å². The van der Waals surface area contributed by atoms with Gasteiger partial charge in [0.25, 0.3) is 0 Å². The summed E-state index contributed by atoms with van der Waals surface area (Å²) in [7, 11) is 0. The summed E-state index contributed by atoms with van der Waals surface area (Å²) in [5, 5.41) is 0. The van der Waals surface area contributed by atoms with Crippen molar-refractivity contribution >= 4 is 0 Å². The third-order valence-corrected chi connectivity index (χ3v) is 3.79. The van der Waals surface area contributed by atoms with Gasteiger partial charge in [-0.15, -0.1) is 0 Å². The fraction of sp³-hybridized carbons (Fsp3) is 0.600. The van der Waals surface area contributed by atoms with Gasteiger partial charge in [0.15, 0.2) is 0 Å². The zero-order valence-electron chi connectivity index (χ0n) is 11.0. The van der Waals surface area contributed by atoms with Crippen molar-refractivity contribution in [1.29, 1.82) is 0 Å². The van der Waals surface area contributed by atoms with E-state index >= 15 is 0 Å². The number of nitrogens with zero attached hydrogens (tertiary/aromatic N) is 1. The topological polar surface area (TPSA) is 29.3 Å². The fourth-order valence-corrected chi connectivity index (χ4v) is 2.46. The predicted molar refractivity (Wildman–Crippen MR) is 72.8 cm³/mol. The highest BCUT2D eigenvalue weighted by Crippen LogP contribution is 2.29. The van der Waals surface area contributed by atoms with Crippen LogP contribution in [-0.4, -0.2) is 24.0 Å². The third-order valence-electron chi connectivity index (χ3n) is 3.79. The monoisotopic (exact) mass is 232 g/mol. The van der Waals surface area contributed by atoms with E-state index in [4.69, 9.17) is 5.73 Å². The van der Waals surface area contributed by atoms with Crippen molar-refractivity contribution in [2.75, 3.05) is 13.1 Å². The second-order valence-corrected chi connectivity index (χ2v) is 5.23. The average molecular weight is 232 g/mol. The van der Waals surface area contributed by atoms with E-state index in [0.29, 0.717) is 5.92 Å². The molecule has 2 rings (SSSR count). The summed E-state index contributed by atoms with van der Waals surface area (Å²) < 4.78 is 0. The molecule has 2 unspecified atom stereocenters. The summed E-state index contributed by atoms with van der Waals surface area (Å²) in [6, 6.07) is 11.4. The number of rotatable bonds is 6. The van der Waals surface area contributed by atoms with Crippen LogP contribution in [0.15, 0.2) is 30.3 Å². The van der Waals surface area contributed by atoms with Crippen LogP contribution in [0.1, 0.15) is 38.3 Å². The number of hydrogen-bond acceptors (Lipinski definition) is 2. The van der Waals surface area contributed by atoms with Gasteiger partial charge in [-0.05, 0) is 30.9 Å². The Hall–Kier alpha value is -0.860. The van der Waals surface area contributed by atoms with Crippen LogP contribution in [-0.2, 0) is 0 Å². The maximum atomic E-state index is 6.34. The summed E-state index contributed by atoms with van der Waals surface area (Å²) in [4.78, 5) is 2.58. The van der Waals surface area contributed by atoms with E-state index < -0.39 is 0 Å². The smallest absolute Gasteiger partial charge is 0.0333 e. The van der Waals surface area contributed by atoms with Crippen LogP contribution in [0.3, 0.4) is 0 Å². The minimum atomic E-state index is 0.156. The second-order valence-electron chi connectivity index (χ2n) is 5.23. The Balaban J connectivity index is 1.92. The molecule has 0 heterocycles. The molecule has 2 nitrogen and oxygen atoms in total. The molecule has 0 radical (unpaired) electrons. The zero-order valence-corrected chi connectivity index (χ0v) is 11.0. The van der Waals surface area contributed by atoms with E-state index in [1.54, 1.807) is 0 Å². The lowest BCUT2D eigenvalue weighted by Gasteiger charge is -2.28. The molecule has 0 bridgehead atoms. The summed E-state index contributed by atoms with van der Waals surface area (Å²) >= 11 is 0. The predicted octanol–water partition coefficient (Wildman–Crippen LogP) is 2.81. The van der Waals surface area contributed by atoms with Gasteiger partial charge in [0.05, 0.1) is 0 Å². The summed E-state index contributed by atoms with van der Waals surface area (Å²) in [6.45, 7) is 6.79. The van der Waals surface area contributed by atoms with Gasteiger partial charge in [-0.25, -0.2) is 0 Å². The second kappa shape index (κ2) is 5.65. The molecule has 0 amide bonds. The fourth-order valence-electron chi connectivity index (χ4n) is 2.46. The van der Waals surface area contributed by atoms with Crippen molar-refractivity contribution in [3.63, 3.8) is 0 Å². The van der Waals surface area contributed by atoms with E-state index in [9.17, 15) is 0 Å². The lowest BCUT2D eigenvalue weighted by molar-refractivity contribution is 0.223. The van der Waals surface area contributed by atoms with E-state index in [-0.39, 0.29) is 6.04 Å². The molecule has 0 aliphatic heterocycles. The van der Waals surface area contributed by atoms with Gasteiger partial charge in [-0.1, -0.05) is 44.2 Å². The highest BCUT2D eigenvalue weighted by Gasteiger charge is 2.29. The molecule has 94 valence electrons. The largest absolute Gasteiger partial charge is 0.324 e. The standard InChI is InChI=1S/C15H24N2/c1-3-17(14-9-10-14)11-12(2)15(16)13-7-5-4-6-8-13/h4-8,12,14-15H,3,9-11,16H2,1-2H3. The van der Waals surface area contributed by atoms with Crippen molar-refractivity contribution < 1.29 is 0 Å². The van der Waals surface area contributed by atoms with Gasteiger partial charge in [-0.3, -0.25) is 0 Å². The maximum absolute atomic E-state index is 6.34. The van der Waals surface area contributed by atoms with Gasteiger partial charge < -0.3 is 10.6 Å². The van der Waals surface area contributed by atoms with Gasteiger partial charge in [0.2, 0.25) is 0 Å². The molecule has 0 saturated heterocycles. The first kappa shape index (κ1) is 12.6. The van der Waals surface area contributed by atoms with Crippen LogP contribution in [0, 0.1) is 5.92 Å². The van der Waals surface area contributed by atoms with Crippen LogP contribution in [0.25, 0.3) is 0 Å². The van der Waals surface area contributed by atoms with Crippen LogP contribution in [0.2, 0.25) is 0 Å². The lowest BCUT2D eigenvalue weighted by Crippen LogP contribution is -2.34. The van der Waals surface area contributed by atoms with Gasteiger partial charge >= 0.3 is 0 Å². The van der Waals surface area contributed by atoms with Crippen molar-refractivity contribution in [3.8, 4) is 0 Å². The summed E-state index contributed by atoms with van der Waals surface area (Å²) in [5.41, 5.74) is 7.59. The van der Waals surface area contributed by atoms with Crippen molar-refractivity contribution in [3.05, 3.63) is 35.9 Å². The zero-order chi connectivity index (χ0) is 12.3. The Kier molecular flexibility index (Phi) is 4.19. The highest BCUT2D eigenvalue weighted by molar-refractivity contribution is 5.19. The van der Waals surface area contributed by atoms with E-state index in [0.717, 1.165) is 19.1 Å². The number of benzene rings is 1. The molecular formula is C15H24N2. The Morgan fingerprint density at radius 3 is 2.47 bits per heavy atom. The highest BCUT2D eigenvalue weighted by atomic mass is 15.2. The molecular weight excluding hydrogens is 208 g/mol. The van der Waals surface area contributed by atoms with Gasteiger partial charge in [0.1, 0.15) is 0 Å². The molecule has 0 spiro atoms. The molecule has 0 aromatic heterocycles. The van der Waals surface area contributed by atoms with Crippen molar-refractivity contribution in [2.45, 2.75) is 38.8 Å². The van der Waals surface area contributed by atoms with Crippen LogP contribution < -0.4 is 5.73 Å². The molecule has 1 saturated carbocycles. The van der Waals surface area contributed by atoms with Crippen molar-refractivity contribution in [2.24, 2.45) is 11.7 Å². The first-order valence-electron chi connectivity index (χ1n) is 6.77. The SMILES string of the molecule is CCN(CC(C)C(N)c1ccccc1)C1CC1. The molecule has 17 heavy (non-hydrogen) atoms. The Labute approximate surface area is 105 Å². The molecule has 1 fully saturated rings. The minimum Gasteiger partial charge on any atom is -0.324 e. The van der Waals surface area contributed by atoms with Gasteiger partial charge in [0, 0.05) is 18.6 Å². The maximum Gasteiger partial charge on any atom is 0.0333 e. The van der Waals surface area contributed by atoms with Crippen LogP contribution in [0.4, 0.5) is 0 Å². The molecule has 2 atom stereocenters. The average Bonchev–Trinajstić information content (AvgIpc) is 3.20. The van der Waals surface area contributed by atoms with E-state index in [2.05, 4.69) is 43.0 Å². The third kappa shape index (κ3) is 3.30. The Bertz CT molecular complexity index is 332. The molecule has 2 N–H and O–H groups in total. The number of nitrogens with two attached hydrogens (primary N) is 1. The van der Waals surface area contributed by atoms with Crippen molar-refractivity contribution in [1.82, 2.24) is 4.90 Å². The first-order chi connectivity index (χ1) is 8.22. The Morgan fingerprint density at radius 2 is 1.94 bits per heavy atom.